The summed E-state index contributed by atoms with van der Waals surface area (Å²) in [5, 5.41) is 0. The van der Waals surface area contributed by atoms with E-state index < -0.39 is 10.0 Å². The standard InChI is InChI=1S/C26H33NO5S/c1-31-25(28)22-10-14-26(15-11-22)13-9-21-7-8-23(19-24(21)26)32-17-16-27-33(29,30)18-12-20-5-3-2-4-6-20/h2-8,19,22,27H,9-18H2,1H3. The van der Waals surface area contributed by atoms with Gasteiger partial charge in [0.2, 0.25) is 10.0 Å². The first kappa shape index (κ1) is 23.8. The Labute approximate surface area is 196 Å². The Bertz CT molecular complexity index is 1060. The maximum absolute atomic E-state index is 12.3. The highest BCUT2D eigenvalue weighted by molar-refractivity contribution is 7.89. The molecular formula is C26H33NO5S. The lowest BCUT2D eigenvalue weighted by molar-refractivity contribution is -0.147. The number of carbonyl (C=O) groups is 1. The monoisotopic (exact) mass is 471 g/mol. The molecule has 1 spiro atoms. The summed E-state index contributed by atoms with van der Waals surface area (Å²) in [6.07, 6.45) is 6.36. The second kappa shape index (κ2) is 10.3. The van der Waals surface area contributed by atoms with Gasteiger partial charge in [0, 0.05) is 6.54 Å². The van der Waals surface area contributed by atoms with Crippen molar-refractivity contribution < 1.29 is 22.7 Å². The molecule has 2 aliphatic carbocycles. The van der Waals surface area contributed by atoms with Crippen LogP contribution in [0.4, 0.5) is 0 Å². The van der Waals surface area contributed by atoms with E-state index in [0.717, 1.165) is 49.8 Å². The van der Waals surface area contributed by atoms with Crippen molar-refractivity contribution in [2.45, 2.75) is 50.4 Å². The number of benzene rings is 2. The number of carbonyl (C=O) groups excluding carboxylic acids is 1. The third kappa shape index (κ3) is 5.76. The lowest BCUT2D eigenvalue weighted by Crippen LogP contribution is -2.32. The summed E-state index contributed by atoms with van der Waals surface area (Å²) in [5.41, 5.74) is 3.83. The van der Waals surface area contributed by atoms with Gasteiger partial charge in [-0.05, 0) is 79.2 Å². The Kier molecular flexibility index (Phi) is 7.39. The average molecular weight is 472 g/mol. The predicted molar refractivity (Wildman–Crippen MR) is 128 cm³/mol. The zero-order valence-corrected chi connectivity index (χ0v) is 20.0. The van der Waals surface area contributed by atoms with E-state index in [2.05, 4.69) is 16.9 Å². The highest BCUT2D eigenvalue weighted by Crippen LogP contribution is 2.50. The molecule has 33 heavy (non-hydrogen) atoms. The normalized spacial score (nSPS) is 22.2. The Morgan fingerprint density at radius 2 is 1.85 bits per heavy atom. The van der Waals surface area contributed by atoms with E-state index in [1.807, 2.05) is 36.4 Å². The molecule has 0 radical (unpaired) electrons. The molecule has 2 aromatic carbocycles. The van der Waals surface area contributed by atoms with Gasteiger partial charge in [0.1, 0.15) is 12.4 Å². The number of sulfonamides is 1. The number of rotatable bonds is 9. The third-order valence-corrected chi connectivity index (χ3v) is 8.58. The molecule has 4 rings (SSSR count). The minimum Gasteiger partial charge on any atom is -0.492 e. The zero-order valence-electron chi connectivity index (χ0n) is 19.2. The predicted octanol–water partition coefficient (Wildman–Crippen LogP) is 3.77. The van der Waals surface area contributed by atoms with Gasteiger partial charge in [-0.1, -0.05) is 36.4 Å². The first-order chi connectivity index (χ1) is 15.9. The average Bonchev–Trinajstić information content (AvgIpc) is 3.18. The van der Waals surface area contributed by atoms with Crippen LogP contribution in [0.1, 0.15) is 48.8 Å². The van der Waals surface area contributed by atoms with Gasteiger partial charge in [0.05, 0.1) is 18.8 Å². The maximum atomic E-state index is 12.3. The van der Waals surface area contributed by atoms with Gasteiger partial charge in [-0.2, -0.15) is 0 Å². The number of hydrogen-bond donors (Lipinski definition) is 1. The minimum absolute atomic E-state index is 0.0130. The molecule has 0 unspecified atom stereocenters. The van der Waals surface area contributed by atoms with Gasteiger partial charge >= 0.3 is 5.97 Å². The maximum Gasteiger partial charge on any atom is 0.308 e. The molecule has 7 heteroatoms. The summed E-state index contributed by atoms with van der Waals surface area (Å²) in [7, 11) is -1.89. The molecule has 0 amide bonds. The van der Waals surface area contributed by atoms with E-state index in [4.69, 9.17) is 9.47 Å². The summed E-state index contributed by atoms with van der Waals surface area (Å²) >= 11 is 0. The molecule has 0 aromatic heterocycles. The van der Waals surface area contributed by atoms with E-state index >= 15 is 0 Å². The van der Waals surface area contributed by atoms with Crippen LogP contribution in [0.3, 0.4) is 0 Å². The van der Waals surface area contributed by atoms with Gasteiger partial charge in [-0.15, -0.1) is 0 Å². The van der Waals surface area contributed by atoms with E-state index in [0.29, 0.717) is 6.42 Å². The van der Waals surface area contributed by atoms with Crippen molar-refractivity contribution in [3.05, 3.63) is 65.2 Å². The van der Waals surface area contributed by atoms with Gasteiger partial charge in [0.25, 0.3) is 0 Å². The fourth-order valence-corrected chi connectivity index (χ4v) is 6.34. The topological polar surface area (TPSA) is 81.7 Å². The van der Waals surface area contributed by atoms with Crippen LogP contribution >= 0.6 is 0 Å². The molecular weight excluding hydrogens is 438 g/mol. The number of fused-ring (bicyclic) bond motifs is 2. The molecule has 0 aliphatic heterocycles. The number of nitrogens with one attached hydrogen (secondary N) is 1. The Balaban J connectivity index is 1.28. The highest BCUT2D eigenvalue weighted by Gasteiger charge is 2.43. The van der Waals surface area contributed by atoms with Crippen LogP contribution in [-0.2, 0) is 37.8 Å². The summed E-state index contributed by atoms with van der Waals surface area (Å²) < 4.78 is 38.0. The first-order valence-electron chi connectivity index (χ1n) is 11.8. The van der Waals surface area contributed by atoms with Crippen LogP contribution in [0.15, 0.2) is 48.5 Å². The largest absolute Gasteiger partial charge is 0.492 e. The minimum atomic E-state index is -3.35. The van der Waals surface area contributed by atoms with Gasteiger partial charge in [-0.3, -0.25) is 4.79 Å². The van der Waals surface area contributed by atoms with Gasteiger partial charge < -0.3 is 9.47 Å². The Morgan fingerprint density at radius 1 is 1.09 bits per heavy atom. The number of methoxy groups -OCH3 is 1. The molecule has 0 saturated heterocycles. The van der Waals surface area contributed by atoms with Crippen molar-refractivity contribution >= 4 is 16.0 Å². The van der Waals surface area contributed by atoms with Crippen molar-refractivity contribution in [2.75, 3.05) is 26.0 Å². The fourth-order valence-electron chi connectivity index (χ4n) is 5.29. The number of hydrogen-bond acceptors (Lipinski definition) is 5. The van der Waals surface area contributed by atoms with Crippen molar-refractivity contribution in [3.63, 3.8) is 0 Å². The molecule has 0 heterocycles. The molecule has 178 valence electrons. The van der Waals surface area contributed by atoms with E-state index in [1.54, 1.807) is 0 Å². The van der Waals surface area contributed by atoms with Crippen molar-refractivity contribution in [1.29, 1.82) is 0 Å². The lowest BCUT2D eigenvalue weighted by Gasteiger charge is -2.37. The summed E-state index contributed by atoms with van der Waals surface area (Å²) in [6, 6.07) is 15.8. The molecule has 1 saturated carbocycles. The Hall–Kier alpha value is -2.38. The van der Waals surface area contributed by atoms with Crippen LogP contribution in [-0.4, -0.2) is 40.4 Å². The van der Waals surface area contributed by atoms with Gasteiger partial charge in [-0.25, -0.2) is 13.1 Å². The summed E-state index contributed by atoms with van der Waals surface area (Å²) in [6.45, 7) is 0.515. The van der Waals surface area contributed by atoms with Crippen LogP contribution in [0, 0.1) is 5.92 Å². The van der Waals surface area contributed by atoms with Gasteiger partial charge in [0.15, 0.2) is 0 Å². The third-order valence-electron chi connectivity index (χ3n) is 7.20. The summed E-state index contributed by atoms with van der Waals surface area (Å²) in [4.78, 5) is 11.9. The molecule has 6 nitrogen and oxygen atoms in total. The van der Waals surface area contributed by atoms with Crippen molar-refractivity contribution in [3.8, 4) is 5.75 Å². The van der Waals surface area contributed by atoms with Crippen LogP contribution in [0.25, 0.3) is 0 Å². The first-order valence-corrected chi connectivity index (χ1v) is 13.4. The highest BCUT2D eigenvalue weighted by atomic mass is 32.2. The second-order valence-corrected chi connectivity index (χ2v) is 11.1. The Morgan fingerprint density at radius 3 is 2.58 bits per heavy atom. The van der Waals surface area contributed by atoms with Crippen molar-refractivity contribution in [2.24, 2.45) is 5.92 Å². The zero-order chi connectivity index (χ0) is 23.3. The second-order valence-electron chi connectivity index (χ2n) is 9.19. The number of aryl methyl sites for hydroxylation is 2. The number of esters is 1. The molecule has 1 fully saturated rings. The molecule has 0 atom stereocenters. The molecule has 2 aromatic rings. The molecule has 0 bridgehead atoms. The van der Waals surface area contributed by atoms with E-state index in [9.17, 15) is 13.2 Å². The summed E-state index contributed by atoms with van der Waals surface area (Å²) in [5.74, 6) is 0.754. The van der Waals surface area contributed by atoms with Crippen LogP contribution in [0.2, 0.25) is 0 Å². The SMILES string of the molecule is COC(=O)C1CCC2(CCc3ccc(OCCNS(=O)(=O)CCc4ccccc4)cc32)CC1. The van der Waals surface area contributed by atoms with E-state index in [-0.39, 0.29) is 36.2 Å². The lowest BCUT2D eigenvalue weighted by atomic mass is 9.67. The number of ether oxygens (including phenoxy) is 2. The molecule has 2 aliphatic rings. The quantitative estimate of drug-likeness (QED) is 0.445. The van der Waals surface area contributed by atoms with E-state index in [1.165, 1.54) is 18.2 Å². The van der Waals surface area contributed by atoms with Crippen LogP contribution in [0.5, 0.6) is 5.75 Å². The van der Waals surface area contributed by atoms with Crippen LogP contribution < -0.4 is 9.46 Å². The fraction of sp³-hybridized carbons (Fsp3) is 0.500. The molecule has 1 N–H and O–H groups in total. The van der Waals surface area contributed by atoms with Crippen molar-refractivity contribution in [1.82, 2.24) is 4.72 Å². The smallest absolute Gasteiger partial charge is 0.308 e.